The van der Waals surface area contributed by atoms with Crippen molar-refractivity contribution in [3.63, 3.8) is 0 Å². The molecule has 4 aromatic rings. The molecule has 0 saturated heterocycles. The van der Waals surface area contributed by atoms with Gasteiger partial charge >= 0.3 is 0 Å². The Kier molecular flexibility index (Phi) is 6.89. The van der Waals surface area contributed by atoms with E-state index in [-0.39, 0.29) is 16.7 Å². The number of ether oxygens (including phenoxy) is 1. The molecular formula is C23H20Cl2N4O2S. The molecule has 0 aliphatic carbocycles. The van der Waals surface area contributed by atoms with Crippen LogP contribution in [0.3, 0.4) is 0 Å². The van der Waals surface area contributed by atoms with Gasteiger partial charge in [-0.05, 0) is 48.7 Å². The van der Waals surface area contributed by atoms with E-state index >= 15 is 0 Å². The number of aromatic nitrogens is 3. The number of hydrogen-bond donors (Lipinski definition) is 2. The van der Waals surface area contributed by atoms with Gasteiger partial charge in [0.1, 0.15) is 5.75 Å². The number of thioether (sulfide) groups is 1. The van der Waals surface area contributed by atoms with Crippen molar-refractivity contribution in [1.29, 1.82) is 0 Å². The molecule has 0 saturated carbocycles. The molecule has 0 aliphatic heterocycles. The van der Waals surface area contributed by atoms with E-state index in [0.717, 1.165) is 28.8 Å². The largest absolute Gasteiger partial charge is 0.497 e. The lowest BCUT2D eigenvalue weighted by molar-refractivity contribution is -0.115. The highest BCUT2D eigenvalue weighted by Gasteiger charge is 2.19. The van der Waals surface area contributed by atoms with Gasteiger partial charge in [0.2, 0.25) is 5.91 Å². The van der Waals surface area contributed by atoms with Crippen LogP contribution in [0.5, 0.6) is 5.75 Å². The minimum absolute atomic E-state index is 0.231. The standard InChI is InChI=1S/C23H20Cl2N4O2S/c1-13(22(30)29-21-18(25)11-16(24)12-26-21)32-23-27-19-5-3-4-15(20(19)28-23)10-14-6-8-17(31-2)9-7-14/h3-9,11-13H,10H2,1-2H3,(H,27,28)(H,26,29,30). The summed E-state index contributed by atoms with van der Waals surface area (Å²) < 4.78 is 5.23. The monoisotopic (exact) mass is 486 g/mol. The number of anilines is 1. The molecule has 2 aromatic heterocycles. The summed E-state index contributed by atoms with van der Waals surface area (Å²) in [6.45, 7) is 1.80. The topological polar surface area (TPSA) is 79.9 Å². The van der Waals surface area contributed by atoms with E-state index in [1.165, 1.54) is 29.6 Å². The summed E-state index contributed by atoms with van der Waals surface area (Å²) in [7, 11) is 1.65. The third-order valence-corrected chi connectivity index (χ3v) is 6.32. The Balaban J connectivity index is 1.48. The zero-order chi connectivity index (χ0) is 22.7. The van der Waals surface area contributed by atoms with Gasteiger partial charge in [0.15, 0.2) is 11.0 Å². The molecule has 1 amide bonds. The van der Waals surface area contributed by atoms with Crippen molar-refractivity contribution in [2.45, 2.75) is 23.8 Å². The van der Waals surface area contributed by atoms with Crippen LogP contribution in [0.15, 0.2) is 59.9 Å². The second kappa shape index (κ2) is 9.81. The Bertz CT molecular complexity index is 1260. The Hall–Kier alpha value is -2.74. The summed E-state index contributed by atoms with van der Waals surface area (Å²) in [4.78, 5) is 24.7. The molecule has 1 atom stereocenters. The molecular weight excluding hydrogens is 467 g/mol. The number of nitrogens with one attached hydrogen (secondary N) is 2. The molecule has 4 rings (SSSR count). The highest BCUT2D eigenvalue weighted by Crippen LogP contribution is 2.28. The minimum Gasteiger partial charge on any atom is -0.497 e. The third kappa shape index (κ3) is 5.18. The van der Waals surface area contributed by atoms with Gasteiger partial charge in [0, 0.05) is 6.20 Å². The maximum Gasteiger partial charge on any atom is 0.238 e. The summed E-state index contributed by atoms with van der Waals surface area (Å²) in [6, 6.07) is 15.5. The van der Waals surface area contributed by atoms with Gasteiger partial charge in [0.05, 0.1) is 33.4 Å². The SMILES string of the molecule is COc1ccc(Cc2cccc3nc(SC(C)C(=O)Nc4ncc(Cl)cc4Cl)[nH]c23)cc1. The van der Waals surface area contributed by atoms with Crippen LogP contribution in [0.2, 0.25) is 10.0 Å². The number of H-pyrrole nitrogens is 1. The van der Waals surface area contributed by atoms with E-state index in [9.17, 15) is 4.79 Å². The Morgan fingerprint density at radius 2 is 2.00 bits per heavy atom. The van der Waals surface area contributed by atoms with E-state index in [0.29, 0.717) is 10.2 Å². The summed E-state index contributed by atoms with van der Waals surface area (Å²) in [6.07, 6.45) is 2.19. The van der Waals surface area contributed by atoms with Crippen molar-refractivity contribution in [3.8, 4) is 5.75 Å². The molecule has 2 heterocycles. The van der Waals surface area contributed by atoms with E-state index < -0.39 is 5.25 Å². The predicted octanol–water partition coefficient (Wildman–Crippen LogP) is 5.98. The number of hydrogen-bond acceptors (Lipinski definition) is 5. The number of rotatable bonds is 7. The number of carbonyl (C=O) groups is 1. The van der Waals surface area contributed by atoms with Crippen molar-refractivity contribution in [3.05, 3.63) is 75.9 Å². The number of nitrogens with zero attached hydrogens (tertiary/aromatic N) is 2. The van der Waals surface area contributed by atoms with Crippen LogP contribution < -0.4 is 10.1 Å². The first-order chi connectivity index (χ1) is 15.4. The van der Waals surface area contributed by atoms with Crippen LogP contribution in [0, 0.1) is 0 Å². The maximum atomic E-state index is 12.6. The van der Waals surface area contributed by atoms with Gasteiger partial charge in [-0.1, -0.05) is 59.2 Å². The molecule has 164 valence electrons. The lowest BCUT2D eigenvalue weighted by Crippen LogP contribution is -2.23. The van der Waals surface area contributed by atoms with Crippen molar-refractivity contribution in [1.82, 2.24) is 15.0 Å². The normalized spacial score (nSPS) is 12.0. The van der Waals surface area contributed by atoms with Crippen molar-refractivity contribution in [2.24, 2.45) is 0 Å². The summed E-state index contributed by atoms with van der Waals surface area (Å²) in [5, 5.41) is 3.67. The molecule has 0 radical (unpaired) electrons. The van der Waals surface area contributed by atoms with E-state index in [4.69, 9.17) is 27.9 Å². The summed E-state index contributed by atoms with van der Waals surface area (Å²) in [5.74, 6) is 0.875. The molecule has 0 fully saturated rings. The average Bonchev–Trinajstić information content (AvgIpc) is 3.19. The van der Waals surface area contributed by atoms with Gasteiger partial charge in [0.25, 0.3) is 0 Å². The number of imidazole rings is 1. The van der Waals surface area contributed by atoms with E-state index in [2.05, 4.69) is 26.3 Å². The van der Waals surface area contributed by atoms with Crippen molar-refractivity contribution >= 4 is 57.7 Å². The van der Waals surface area contributed by atoms with Crippen LogP contribution in [0.1, 0.15) is 18.1 Å². The molecule has 1 unspecified atom stereocenters. The molecule has 0 aliphatic rings. The first-order valence-electron chi connectivity index (χ1n) is 9.82. The summed E-state index contributed by atoms with van der Waals surface area (Å²) >= 11 is 13.3. The number of pyridine rings is 1. The van der Waals surface area contributed by atoms with Gasteiger partial charge in [-0.2, -0.15) is 0 Å². The lowest BCUT2D eigenvalue weighted by Gasteiger charge is -2.11. The molecule has 0 spiro atoms. The first kappa shape index (κ1) is 22.5. The second-order valence-corrected chi connectivity index (χ2v) is 9.28. The first-order valence-corrected chi connectivity index (χ1v) is 11.5. The molecule has 9 heteroatoms. The molecule has 0 bridgehead atoms. The fourth-order valence-electron chi connectivity index (χ4n) is 3.18. The van der Waals surface area contributed by atoms with E-state index in [1.54, 1.807) is 14.0 Å². The third-order valence-electron chi connectivity index (χ3n) is 4.84. The smallest absolute Gasteiger partial charge is 0.238 e. The zero-order valence-corrected chi connectivity index (χ0v) is 19.7. The molecule has 2 aromatic carbocycles. The second-order valence-electron chi connectivity index (χ2n) is 7.11. The predicted molar refractivity (Wildman–Crippen MR) is 130 cm³/mol. The number of carbonyl (C=O) groups excluding carboxylic acids is 1. The van der Waals surface area contributed by atoms with Gasteiger partial charge in [-0.25, -0.2) is 9.97 Å². The van der Waals surface area contributed by atoms with Crippen molar-refractivity contribution in [2.75, 3.05) is 12.4 Å². The van der Waals surface area contributed by atoms with Crippen LogP contribution in [0.4, 0.5) is 5.82 Å². The quantitative estimate of drug-likeness (QED) is 0.314. The maximum absolute atomic E-state index is 12.6. The number of para-hydroxylation sites is 1. The number of amides is 1. The van der Waals surface area contributed by atoms with Gasteiger partial charge in [-0.3, -0.25) is 4.79 Å². The van der Waals surface area contributed by atoms with E-state index in [1.807, 2.05) is 36.4 Å². The minimum atomic E-state index is -0.422. The Labute approximate surface area is 199 Å². The van der Waals surface area contributed by atoms with Gasteiger partial charge < -0.3 is 15.0 Å². The number of fused-ring (bicyclic) bond motifs is 1. The van der Waals surface area contributed by atoms with Crippen LogP contribution >= 0.6 is 35.0 Å². The summed E-state index contributed by atoms with van der Waals surface area (Å²) in [5.41, 5.74) is 4.11. The highest BCUT2D eigenvalue weighted by atomic mass is 35.5. The fourth-order valence-corrected chi connectivity index (χ4v) is 4.42. The highest BCUT2D eigenvalue weighted by molar-refractivity contribution is 8.00. The zero-order valence-electron chi connectivity index (χ0n) is 17.4. The average molecular weight is 487 g/mol. The lowest BCUT2D eigenvalue weighted by atomic mass is 10.0. The Morgan fingerprint density at radius 1 is 1.22 bits per heavy atom. The Morgan fingerprint density at radius 3 is 2.72 bits per heavy atom. The number of methoxy groups -OCH3 is 1. The van der Waals surface area contributed by atoms with Crippen LogP contribution in [-0.2, 0) is 11.2 Å². The number of halogens is 2. The van der Waals surface area contributed by atoms with Crippen LogP contribution in [0.25, 0.3) is 11.0 Å². The van der Waals surface area contributed by atoms with Crippen LogP contribution in [-0.4, -0.2) is 33.2 Å². The molecule has 32 heavy (non-hydrogen) atoms. The van der Waals surface area contributed by atoms with Gasteiger partial charge in [-0.15, -0.1) is 0 Å². The number of benzene rings is 2. The molecule has 6 nitrogen and oxygen atoms in total. The fraction of sp³-hybridized carbons (Fsp3) is 0.174. The molecule has 2 N–H and O–H groups in total. The number of aromatic amines is 1. The van der Waals surface area contributed by atoms with Crippen molar-refractivity contribution < 1.29 is 9.53 Å².